The van der Waals surface area contributed by atoms with Crippen LogP contribution in [0.3, 0.4) is 0 Å². The van der Waals surface area contributed by atoms with Crippen molar-refractivity contribution in [1.29, 1.82) is 0 Å². The average molecular weight is 271 g/mol. The molecular formula is C17H21NO2. The summed E-state index contributed by atoms with van der Waals surface area (Å²) in [4.78, 5) is 0. The Balaban J connectivity index is 2.19. The Labute approximate surface area is 120 Å². The lowest BCUT2D eigenvalue weighted by atomic mass is 10.1. The normalized spacial score (nSPS) is 12.1. The number of rotatable bonds is 6. The van der Waals surface area contributed by atoms with Crippen LogP contribution in [0.4, 0.5) is 0 Å². The predicted molar refractivity (Wildman–Crippen MR) is 81.2 cm³/mol. The molecule has 2 aromatic carbocycles. The Hall–Kier alpha value is -2.00. The van der Waals surface area contributed by atoms with Crippen molar-refractivity contribution in [1.82, 2.24) is 5.32 Å². The fraction of sp³-hybridized carbons (Fsp3) is 0.294. The molecule has 0 saturated carbocycles. The Morgan fingerprint density at radius 1 is 1.10 bits per heavy atom. The van der Waals surface area contributed by atoms with Gasteiger partial charge in [-0.1, -0.05) is 30.3 Å². The molecule has 0 spiro atoms. The number of ether oxygens (including phenoxy) is 1. The van der Waals surface area contributed by atoms with E-state index in [1.54, 1.807) is 12.1 Å². The molecule has 0 aliphatic rings. The molecule has 2 aromatic rings. The molecule has 3 heteroatoms. The van der Waals surface area contributed by atoms with Crippen molar-refractivity contribution < 1.29 is 9.84 Å². The van der Waals surface area contributed by atoms with Gasteiger partial charge >= 0.3 is 0 Å². The largest absolute Gasteiger partial charge is 0.508 e. The van der Waals surface area contributed by atoms with Gasteiger partial charge in [0, 0.05) is 6.42 Å². The van der Waals surface area contributed by atoms with E-state index in [1.165, 1.54) is 0 Å². The number of phenolic OH excluding ortho intramolecular Hbond substituents is 1. The number of para-hydroxylation sites is 1. The van der Waals surface area contributed by atoms with Gasteiger partial charge in [0.15, 0.2) is 0 Å². The minimum absolute atomic E-state index is 0.0239. The third kappa shape index (κ3) is 3.75. The molecule has 1 unspecified atom stereocenters. The van der Waals surface area contributed by atoms with Crippen molar-refractivity contribution in [3.05, 3.63) is 59.7 Å². The molecular weight excluding hydrogens is 250 g/mol. The first-order valence-corrected chi connectivity index (χ1v) is 6.86. The van der Waals surface area contributed by atoms with Crippen molar-refractivity contribution in [3.8, 4) is 11.5 Å². The summed E-state index contributed by atoms with van der Waals surface area (Å²) in [5.74, 6) is 1.18. The van der Waals surface area contributed by atoms with E-state index in [1.807, 2.05) is 50.4 Å². The Bertz CT molecular complexity index is 537. The third-order valence-corrected chi connectivity index (χ3v) is 3.28. The molecule has 0 heterocycles. The van der Waals surface area contributed by atoms with Gasteiger partial charge in [-0.2, -0.15) is 0 Å². The number of aromatic hydroxyl groups is 1. The fourth-order valence-electron chi connectivity index (χ4n) is 2.10. The van der Waals surface area contributed by atoms with Crippen LogP contribution in [0.15, 0.2) is 48.5 Å². The van der Waals surface area contributed by atoms with Crippen LogP contribution in [0.25, 0.3) is 0 Å². The van der Waals surface area contributed by atoms with Crippen LogP contribution in [-0.2, 0) is 0 Å². The van der Waals surface area contributed by atoms with Crippen LogP contribution in [0, 0.1) is 6.92 Å². The summed E-state index contributed by atoms with van der Waals surface area (Å²) in [6.07, 6.45) is 0.847. The number of phenols is 1. The summed E-state index contributed by atoms with van der Waals surface area (Å²) < 4.78 is 6.15. The lowest BCUT2D eigenvalue weighted by molar-refractivity contribution is 0.193. The Morgan fingerprint density at radius 3 is 2.45 bits per heavy atom. The summed E-state index contributed by atoms with van der Waals surface area (Å²) in [6.45, 7) is 2.92. The monoisotopic (exact) mass is 271 g/mol. The molecule has 2 N–H and O–H groups in total. The highest BCUT2D eigenvalue weighted by Crippen LogP contribution is 2.27. The van der Waals surface area contributed by atoms with Gasteiger partial charge in [-0.05, 0) is 49.8 Å². The van der Waals surface area contributed by atoms with Crippen molar-refractivity contribution in [3.63, 3.8) is 0 Å². The van der Waals surface area contributed by atoms with Crippen LogP contribution in [-0.4, -0.2) is 18.7 Å². The van der Waals surface area contributed by atoms with E-state index < -0.39 is 0 Å². The molecule has 0 fully saturated rings. The number of hydrogen-bond acceptors (Lipinski definition) is 3. The highest BCUT2D eigenvalue weighted by Gasteiger charge is 2.14. The highest BCUT2D eigenvalue weighted by molar-refractivity contribution is 5.33. The van der Waals surface area contributed by atoms with Gasteiger partial charge < -0.3 is 15.2 Å². The molecule has 0 aromatic heterocycles. The van der Waals surface area contributed by atoms with Gasteiger partial charge in [-0.3, -0.25) is 0 Å². The van der Waals surface area contributed by atoms with E-state index in [4.69, 9.17) is 4.74 Å². The van der Waals surface area contributed by atoms with Crippen molar-refractivity contribution in [2.75, 3.05) is 13.6 Å². The second-order valence-electron chi connectivity index (χ2n) is 4.86. The van der Waals surface area contributed by atoms with Crippen LogP contribution in [0.5, 0.6) is 11.5 Å². The SMILES string of the molecule is CNCCC(Oc1ccccc1C)c1ccc(O)cc1. The van der Waals surface area contributed by atoms with E-state index in [0.717, 1.165) is 29.8 Å². The third-order valence-electron chi connectivity index (χ3n) is 3.28. The van der Waals surface area contributed by atoms with Gasteiger partial charge in [0.05, 0.1) is 0 Å². The summed E-state index contributed by atoms with van der Waals surface area (Å²) in [6, 6.07) is 15.2. The van der Waals surface area contributed by atoms with Crippen LogP contribution in [0.2, 0.25) is 0 Å². The van der Waals surface area contributed by atoms with E-state index in [0.29, 0.717) is 0 Å². The topological polar surface area (TPSA) is 41.5 Å². The van der Waals surface area contributed by atoms with E-state index >= 15 is 0 Å². The summed E-state index contributed by atoms with van der Waals surface area (Å²) in [5.41, 5.74) is 2.20. The maximum Gasteiger partial charge on any atom is 0.125 e. The molecule has 3 nitrogen and oxygen atoms in total. The number of aryl methyl sites for hydroxylation is 1. The van der Waals surface area contributed by atoms with Crippen molar-refractivity contribution >= 4 is 0 Å². The first kappa shape index (κ1) is 14.4. The molecule has 106 valence electrons. The van der Waals surface area contributed by atoms with Gasteiger partial charge in [0.1, 0.15) is 17.6 Å². The maximum absolute atomic E-state index is 9.40. The quantitative estimate of drug-likeness (QED) is 0.845. The van der Waals surface area contributed by atoms with E-state index in [2.05, 4.69) is 5.32 Å². The molecule has 1 atom stereocenters. The van der Waals surface area contributed by atoms with Crippen LogP contribution < -0.4 is 10.1 Å². The molecule has 0 aliphatic heterocycles. The zero-order valence-corrected chi connectivity index (χ0v) is 12.0. The Morgan fingerprint density at radius 2 is 1.80 bits per heavy atom. The number of benzene rings is 2. The Kier molecular flexibility index (Phi) is 5.02. The molecule has 2 rings (SSSR count). The number of hydrogen-bond donors (Lipinski definition) is 2. The predicted octanol–water partition coefficient (Wildman–Crippen LogP) is 3.43. The summed E-state index contributed by atoms with van der Waals surface area (Å²) in [7, 11) is 1.93. The molecule has 0 radical (unpaired) electrons. The first-order chi connectivity index (χ1) is 9.70. The standard InChI is InChI=1S/C17H21NO2/c1-13-5-3-4-6-16(13)20-17(11-12-18-2)14-7-9-15(19)10-8-14/h3-10,17-19H,11-12H2,1-2H3. The minimum atomic E-state index is -0.0239. The van der Waals surface area contributed by atoms with E-state index in [9.17, 15) is 5.11 Å². The zero-order valence-electron chi connectivity index (χ0n) is 12.0. The van der Waals surface area contributed by atoms with Crippen LogP contribution in [0.1, 0.15) is 23.7 Å². The summed E-state index contributed by atoms with van der Waals surface area (Å²) in [5, 5.41) is 12.5. The van der Waals surface area contributed by atoms with Gasteiger partial charge in [-0.25, -0.2) is 0 Å². The fourth-order valence-corrected chi connectivity index (χ4v) is 2.10. The lowest BCUT2D eigenvalue weighted by Gasteiger charge is -2.21. The molecule has 0 bridgehead atoms. The van der Waals surface area contributed by atoms with Crippen molar-refractivity contribution in [2.24, 2.45) is 0 Å². The first-order valence-electron chi connectivity index (χ1n) is 6.86. The molecule has 20 heavy (non-hydrogen) atoms. The van der Waals surface area contributed by atoms with E-state index in [-0.39, 0.29) is 11.9 Å². The molecule has 0 saturated heterocycles. The number of nitrogens with one attached hydrogen (secondary N) is 1. The van der Waals surface area contributed by atoms with Gasteiger partial charge in [0.2, 0.25) is 0 Å². The van der Waals surface area contributed by atoms with Crippen LogP contribution >= 0.6 is 0 Å². The van der Waals surface area contributed by atoms with Gasteiger partial charge in [-0.15, -0.1) is 0 Å². The smallest absolute Gasteiger partial charge is 0.125 e. The molecule has 0 amide bonds. The summed E-state index contributed by atoms with van der Waals surface area (Å²) >= 11 is 0. The average Bonchev–Trinajstić information content (AvgIpc) is 2.46. The molecule has 0 aliphatic carbocycles. The minimum Gasteiger partial charge on any atom is -0.508 e. The zero-order chi connectivity index (χ0) is 14.4. The van der Waals surface area contributed by atoms with Crippen molar-refractivity contribution in [2.45, 2.75) is 19.4 Å². The van der Waals surface area contributed by atoms with Gasteiger partial charge in [0.25, 0.3) is 0 Å². The highest BCUT2D eigenvalue weighted by atomic mass is 16.5. The lowest BCUT2D eigenvalue weighted by Crippen LogP contribution is -2.16. The second-order valence-corrected chi connectivity index (χ2v) is 4.86. The maximum atomic E-state index is 9.40. The second kappa shape index (κ2) is 6.96.